The van der Waals surface area contributed by atoms with Crippen molar-refractivity contribution in [3.8, 4) is 0 Å². The van der Waals surface area contributed by atoms with E-state index >= 15 is 0 Å². The van der Waals surface area contributed by atoms with Crippen LogP contribution in [0.25, 0.3) is 0 Å². The molecule has 1 aliphatic rings. The maximum Gasteiger partial charge on any atom is 0.305 e. The van der Waals surface area contributed by atoms with Crippen LogP contribution in [0.2, 0.25) is 0 Å². The Kier molecular flexibility index (Phi) is 6.22. The van der Waals surface area contributed by atoms with Gasteiger partial charge in [0.25, 0.3) is 0 Å². The fourth-order valence-corrected chi connectivity index (χ4v) is 4.17. The van der Waals surface area contributed by atoms with Crippen LogP contribution in [0.5, 0.6) is 0 Å². The summed E-state index contributed by atoms with van der Waals surface area (Å²) in [5, 5.41) is 0. The van der Waals surface area contributed by atoms with E-state index < -0.39 is 10.0 Å². The molecule has 7 heteroatoms. The molecule has 0 bridgehead atoms. The van der Waals surface area contributed by atoms with Crippen molar-refractivity contribution in [2.45, 2.75) is 31.7 Å². The molecule has 1 heterocycles. The molecule has 1 aliphatic heterocycles. The van der Waals surface area contributed by atoms with Gasteiger partial charge in [0.15, 0.2) is 0 Å². The second-order valence-corrected chi connectivity index (χ2v) is 7.21. The van der Waals surface area contributed by atoms with Crippen LogP contribution in [-0.4, -0.2) is 69.7 Å². The van der Waals surface area contributed by atoms with Crippen LogP contribution >= 0.6 is 0 Å². The first-order valence-corrected chi connectivity index (χ1v) is 8.19. The quantitative estimate of drug-likeness (QED) is 0.631. The highest BCUT2D eigenvalue weighted by Gasteiger charge is 2.33. The largest absolute Gasteiger partial charge is 0.469 e. The van der Waals surface area contributed by atoms with Gasteiger partial charge in [0.05, 0.1) is 12.9 Å². The third-order valence-corrected chi connectivity index (χ3v) is 5.27. The number of carbonyl (C=O) groups is 1. The molecule has 0 amide bonds. The first kappa shape index (κ1) is 16.4. The monoisotopic (exact) mass is 292 g/mol. The highest BCUT2D eigenvalue weighted by Crippen LogP contribution is 2.22. The topological polar surface area (TPSA) is 66.9 Å². The number of methoxy groups -OCH3 is 1. The summed E-state index contributed by atoms with van der Waals surface area (Å²) in [6, 6.07) is 0.0677. The maximum absolute atomic E-state index is 12.2. The van der Waals surface area contributed by atoms with E-state index in [1.807, 2.05) is 19.0 Å². The zero-order chi connectivity index (χ0) is 14.5. The van der Waals surface area contributed by atoms with Crippen molar-refractivity contribution in [3.05, 3.63) is 0 Å². The van der Waals surface area contributed by atoms with E-state index in [0.717, 1.165) is 19.4 Å². The van der Waals surface area contributed by atoms with E-state index in [0.29, 0.717) is 13.0 Å². The Hall–Kier alpha value is -0.660. The molecule has 0 aromatic heterocycles. The van der Waals surface area contributed by atoms with E-state index in [2.05, 4.69) is 4.74 Å². The van der Waals surface area contributed by atoms with Gasteiger partial charge in [-0.3, -0.25) is 4.79 Å². The van der Waals surface area contributed by atoms with Crippen LogP contribution in [-0.2, 0) is 19.6 Å². The zero-order valence-electron chi connectivity index (χ0n) is 12.0. The number of hydrogen-bond acceptors (Lipinski definition) is 5. The summed E-state index contributed by atoms with van der Waals surface area (Å²) in [6.45, 7) is 1.34. The lowest BCUT2D eigenvalue weighted by Crippen LogP contribution is -2.42. The van der Waals surface area contributed by atoms with Crippen LogP contribution in [0.1, 0.15) is 25.7 Å². The Morgan fingerprint density at radius 3 is 2.68 bits per heavy atom. The van der Waals surface area contributed by atoms with Gasteiger partial charge in [-0.25, -0.2) is 8.42 Å². The number of ether oxygens (including phenoxy) is 1. The smallest absolute Gasteiger partial charge is 0.305 e. The Morgan fingerprint density at radius 1 is 1.42 bits per heavy atom. The van der Waals surface area contributed by atoms with Crippen LogP contribution in [0.3, 0.4) is 0 Å². The third-order valence-electron chi connectivity index (χ3n) is 3.27. The number of nitrogens with zero attached hydrogens (tertiary/aromatic N) is 2. The van der Waals surface area contributed by atoms with Gasteiger partial charge in [0, 0.05) is 25.6 Å². The fourth-order valence-electron chi connectivity index (χ4n) is 2.40. The van der Waals surface area contributed by atoms with Crippen LogP contribution in [0, 0.1) is 0 Å². The van der Waals surface area contributed by atoms with Crippen LogP contribution < -0.4 is 0 Å². The van der Waals surface area contributed by atoms with Crippen LogP contribution in [0.4, 0.5) is 0 Å². The second-order valence-electron chi connectivity index (χ2n) is 5.16. The number of rotatable bonds is 7. The molecule has 0 radical (unpaired) electrons. The molecule has 1 saturated heterocycles. The Balaban J connectivity index is 2.53. The fraction of sp³-hybridized carbons (Fsp3) is 0.917. The lowest BCUT2D eigenvalue weighted by molar-refractivity contribution is -0.140. The van der Waals surface area contributed by atoms with Crippen molar-refractivity contribution in [2.24, 2.45) is 0 Å². The van der Waals surface area contributed by atoms with Crippen molar-refractivity contribution in [3.63, 3.8) is 0 Å². The zero-order valence-corrected chi connectivity index (χ0v) is 12.8. The summed E-state index contributed by atoms with van der Waals surface area (Å²) >= 11 is 0. The molecule has 0 aromatic rings. The number of sulfonamides is 1. The Labute approximate surface area is 115 Å². The number of esters is 1. The molecular formula is C12H24N2O4S. The summed E-state index contributed by atoms with van der Waals surface area (Å²) in [5.41, 5.74) is 0. The molecular weight excluding hydrogens is 268 g/mol. The number of likely N-dealkylation sites (N-methyl/N-ethyl adjacent to an activating group) is 1. The molecule has 1 fully saturated rings. The van der Waals surface area contributed by atoms with E-state index in [1.165, 1.54) is 7.11 Å². The van der Waals surface area contributed by atoms with Crippen molar-refractivity contribution in [2.75, 3.05) is 40.0 Å². The predicted octanol–water partition coefficient (Wildman–Crippen LogP) is 0.295. The van der Waals surface area contributed by atoms with Crippen molar-refractivity contribution in [1.82, 2.24) is 9.21 Å². The minimum absolute atomic E-state index is 0.0199. The minimum Gasteiger partial charge on any atom is -0.469 e. The van der Waals surface area contributed by atoms with Gasteiger partial charge in [-0.2, -0.15) is 4.31 Å². The minimum atomic E-state index is -3.26. The third kappa shape index (κ3) is 5.08. The standard InChI is InChI=1S/C12H24N2O4S/c1-13(2)10-11-6-4-8-14(11)19(16,17)9-5-7-12(15)18-3/h11H,4-10H2,1-3H3. The summed E-state index contributed by atoms with van der Waals surface area (Å²) in [4.78, 5) is 13.0. The van der Waals surface area contributed by atoms with Crippen molar-refractivity contribution in [1.29, 1.82) is 0 Å². The molecule has 0 N–H and O–H groups in total. The summed E-state index contributed by atoms with van der Waals surface area (Å²) in [7, 11) is 1.94. The second kappa shape index (κ2) is 7.21. The molecule has 1 rings (SSSR count). The molecule has 112 valence electrons. The predicted molar refractivity (Wildman–Crippen MR) is 73.3 cm³/mol. The van der Waals surface area contributed by atoms with Gasteiger partial charge < -0.3 is 9.64 Å². The summed E-state index contributed by atoms with van der Waals surface area (Å²) < 4.78 is 30.6. The molecule has 1 unspecified atom stereocenters. The lowest BCUT2D eigenvalue weighted by atomic mass is 10.2. The molecule has 0 saturated carbocycles. The van der Waals surface area contributed by atoms with Gasteiger partial charge in [-0.15, -0.1) is 0 Å². The van der Waals surface area contributed by atoms with Crippen molar-refractivity contribution >= 4 is 16.0 Å². The average Bonchev–Trinajstić information content (AvgIpc) is 2.76. The molecule has 1 atom stereocenters. The van der Waals surface area contributed by atoms with E-state index in [4.69, 9.17) is 0 Å². The first-order valence-electron chi connectivity index (χ1n) is 6.58. The van der Waals surface area contributed by atoms with Crippen LogP contribution in [0.15, 0.2) is 0 Å². The van der Waals surface area contributed by atoms with E-state index in [-0.39, 0.29) is 24.2 Å². The van der Waals surface area contributed by atoms with Crippen molar-refractivity contribution < 1.29 is 17.9 Å². The highest BCUT2D eigenvalue weighted by molar-refractivity contribution is 7.89. The number of hydrogen-bond donors (Lipinski definition) is 0. The van der Waals surface area contributed by atoms with Gasteiger partial charge in [0.1, 0.15) is 0 Å². The SMILES string of the molecule is COC(=O)CCCS(=O)(=O)N1CCCC1CN(C)C. The lowest BCUT2D eigenvalue weighted by Gasteiger charge is -2.26. The number of carbonyl (C=O) groups excluding carboxylic acids is 1. The van der Waals surface area contributed by atoms with Gasteiger partial charge >= 0.3 is 5.97 Å². The maximum atomic E-state index is 12.2. The Bertz CT molecular complexity index is 395. The van der Waals surface area contributed by atoms with Gasteiger partial charge in [-0.05, 0) is 33.4 Å². The van der Waals surface area contributed by atoms with Gasteiger partial charge in [-0.1, -0.05) is 0 Å². The molecule has 0 spiro atoms. The molecule has 19 heavy (non-hydrogen) atoms. The first-order chi connectivity index (χ1) is 8.86. The molecule has 0 aliphatic carbocycles. The Morgan fingerprint density at radius 2 is 2.11 bits per heavy atom. The normalized spacial score (nSPS) is 20.9. The summed E-state index contributed by atoms with van der Waals surface area (Å²) in [6.07, 6.45) is 2.30. The summed E-state index contributed by atoms with van der Waals surface area (Å²) in [5.74, 6) is -0.340. The van der Waals surface area contributed by atoms with Gasteiger partial charge in [0.2, 0.25) is 10.0 Å². The molecule has 6 nitrogen and oxygen atoms in total. The molecule has 0 aromatic carbocycles. The van der Waals surface area contributed by atoms with E-state index in [1.54, 1.807) is 4.31 Å². The average molecular weight is 292 g/mol. The highest BCUT2D eigenvalue weighted by atomic mass is 32.2. The van der Waals surface area contributed by atoms with E-state index in [9.17, 15) is 13.2 Å².